The number of piperidine rings is 1. The molecule has 2 aromatic rings. The van der Waals surface area contributed by atoms with Crippen molar-refractivity contribution in [1.29, 1.82) is 0 Å². The number of anilines is 1. The lowest BCUT2D eigenvalue weighted by Gasteiger charge is -2.32. The van der Waals surface area contributed by atoms with Crippen molar-refractivity contribution >= 4 is 11.6 Å². The SMILES string of the molecule is Cc1cc(N(C)C(=O)C2CCC(Oc3ccc(F)cc3)CC2)ccc1CN1CCC[C@@H](C)C1. The molecule has 1 aliphatic heterocycles. The Hall–Kier alpha value is -2.40. The maximum atomic E-state index is 13.2. The van der Waals surface area contributed by atoms with Crippen LogP contribution in [0.5, 0.6) is 5.75 Å². The van der Waals surface area contributed by atoms with Crippen LogP contribution in [0.1, 0.15) is 56.6 Å². The Morgan fingerprint density at radius 1 is 1.09 bits per heavy atom. The summed E-state index contributed by atoms with van der Waals surface area (Å²) in [6.07, 6.45) is 6.03. The van der Waals surface area contributed by atoms with Gasteiger partial charge in [-0.25, -0.2) is 4.39 Å². The molecule has 1 heterocycles. The van der Waals surface area contributed by atoms with Crippen LogP contribution in [0.15, 0.2) is 42.5 Å². The first-order valence-corrected chi connectivity index (χ1v) is 12.4. The van der Waals surface area contributed by atoms with Crippen molar-refractivity contribution in [3.63, 3.8) is 0 Å². The molecule has 33 heavy (non-hydrogen) atoms. The number of carbonyl (C=O) groups excluding carboxylic acids is 1. The van der Waals surface area contributed by atoms with Gasteiger partial charge in [0.2, 0.25) is 5.91 Å². The van der Waals surface area contributed by atoms with Crippen molar-refractivity contribution in [1.82, 2.24) is 4.90 Å². The van der Waals surface area contributed by atoms with E-state index in [-0.39, 0.29) is 23.7 Å². The van der Waals surface area contributed by atoms with Crippen molar-refractivity contribution in [2.45, 2.75) is 65.0 Å². The quantitative estimate of drug-likeness (QED) is 0.542. The van der Waals surface area contributed by atoms with E-state index in [1.165, 1.54) is 49.2 Å². The molecule has 0 aromatic heterocycles. The molecule has 1 saturated heterocycles. The van der Waals surface area contributed by atoms with Gasteiger partial charge >= 0.3 is 0 Å². The Balaban J connectivity index is 1.30. The molecule has 1 saturated carbocycles. The largest absolute Gasteiger partial charge is 0.490 e. The van der Waals surface area contributed by atoms with Crippen LogP contribution in [0, 0.1) is 24.6 Å². The van der Waals surface area contributed by atoms with Gasteiger partial charge in [0, 0.05) is 31.7 Å². The summed E-state index contributed by atoms with van der Waals surface area (Å²) in [7, 11) is 1.89. The molecule has 2 aromatic carbocycles. The van der Waals surface area contributed by atoms with Gasteiger partial charge in [0.25, 0.3) is 0 Å². The monoisotopic (exact) mass is 452 g/mol. The molecule has 2 aliphatic rings. The fraction of sp³-hybridized carbons (Fsp3) is 0.536. The van der Waals surface area contributed by atoms with Crippen LogP contribution in [0.25, 0.3) is 0 Å². The molecular formula is C28H37FN2O2. The van der Waals surface area contributed by atoms with E-state index in [0.29, 0.717) is 5.75 Å². The van der Waals surface area contributed by atoms with Gasteiger partial charge in [-0.15, -0.1) is 0 Å². The zero-order valence-electron chi connectivity index (χ0n) is 20.2. The van der Waals surface area contributed by atoms with Gasteiger partial charge < -0.3 is 9.64 Å². The minimum Gasteiger partial charge on any atom is -0.490 e. The minimum absolute atomic E-state index is 0.0258. The third-order valence-electron chi connectivity index (χ3n) is 7.32. The van der Waals surface area contributed by atoms with E-state index in [2.05, 4.69) is 36.9 Å². The van der Waals surface area contributed by atoms with E-state index < -0.39 is 0 Å². The third-order valence-corrected chi connectivity index (χ3v) is 7.32. The number of ether oxygens (including phenoxy) is 1. The van der Waals surface area contributed by atoms with E-state index >= 15 is 0 Å². The van der Waals surface area contributed by atoms with Crippen molar-refractivity contribution in [2.24, 2.45) is 11.8 Å². The number of hydrogen-bond donors (Lipinski definition) is 0. The highest BCUT2D eigenvalue weighted by atomic mass is 19.1. The highest BCUT2D eigenvalue weighted by Gasteiger charge is 2.30. The number of nitrogens with zero attached hydrogens (tertiary/aromatic N) is 2. The van der Waals surface area contributed by atoms with Gasteiger partial charge in [0.1, 0.15) is 11.6 Å². The van der Waals surface area contributed by atoms with Crippen LogP contribution in [-0.4, -0.2) is 37.0 Å². The lowest BCUT2D eigenvalue weighted by Crippen LogP contribution is -2.37. The second kappa shape index (κ2) is 10.7. The first kappa shape index (κ1) is 23.7. The summed E-state index contributed by atoms with van der Waals surface area (Å²) in [5.41, 5.74) is 3.58. The minimum atomic E-state index is -0.260. The summed E-state index contributed by atoms with van der Waals surface area (Å²) < 4.78 is 19.1. The lowest BCUT2D eigenvalue weighted by molar-refractivity contribution is -0.123. The van der Waals surface area contributed by atoms with Crippen molar-refractivity contribution in [2.75, 3.05) is 25.0 Å². The van der Waals surface area contributed by atoms with Crippen LogP contribution in [0.4, 0.5) is 10.1 Å². The predicted molar refractivity (Wildman–Crippen MR) is 131 cm³/mol. The Morgan fingerprint density at radius 3 is 2.48 bits per heavy atom. The van der Waals surface area contributed by atoms with Crippen molar-refractivity contribution < 1.29 is 13.9 Å². The van der Waals surface area contributed by atoms with Crippen LogP contribution in [0.2, 0.25) is 0 Å². The normalized spacial score (nSPS) is 23.8. The molecule has 5 heteroatoms. The maximum absolute atomic E-state index is 13.2. The molecule has 1 aliphatic carbocycles. The average molecular weight is 453 g/mol. The van der Waals surface area contributed by atoms with E-state index in [4.69, 9.17) is 4.74 Å². The Kier molecular flexibility index (Phi) is 7.69. The van der Waals surface area contributed by atoms with E-state index in [0.717, 1.165) is 43.8 Å². The molecule has 4 nitrogen and oxygen atoms in total. The summed E-state index contributed by atoms with van der Waals surface area (Å²) in [6.45, 7) is 7.84. The van der Waals surface area contributed by atoms with Crippen LogP contribution in [0.3, 0.4) is 0 Å². The van der Waals surface area contributed by atoms with E-state index in [1.54, 1.807) is 12.1 Å². The maximum Gasteiger partial charge on any atom is 0.229 e. The van der Waals surface area contributed by atoms with Gasteiger partial charge in [-0.2, -0.15) is 0 Å². The third kappa shape index (κ3) is 6.14. The number of aryl methyl sites for hydroxylation is 1. The molecule has 4 rings (SSSR count). The molecular weight excluding hydrogens is 415 g/mol. The second-order valence-electron chi connectivity index (χ2n) is 10.0. The second-order valence-corrected chi connectivity index (χ2v) is 10.0. The number of carbonyl (C=O) groups is 1. The lowest BCUT2D eigenvalue weighted by atomic mass is 9.86. The molecule has 0 spiro atoms. The summed E-state index contributed by atoms with van der Waals surface area (Å²) >= 11 is 0. The van der Waals surface area contributed by atoms with Gasteiger partial charge in [0.05, 0.1) is 6.10 Å². The highest BCUT2D eigenvalue weighted by Crippen LogP contribution is 2.31. The van der Waals surface area contributed by atoms with Crippen LogP contribution >= 0.6 is 0 Å². The van der Waals surface area contributed by atoms with Crippen LogP contribution in [-0.2, 0) is 11.3 Å². The van der Waals surface area contributed by atoms with Crippen LogP contribution < -0.4 is 9.64 Å². The average Bonchev–Trinajstić information content (AvgIpc) is 2.81. The number of rotatable bonds is 6. The van der Waals surface area contributed by atoms with E-state index in [1.807, 2.05) is 11.9 Å². The zero-order chi connectivity index (χ0) is 23.4. The fourth-order valence-electron chi connectivity index (χ4n) is 5.27. The Morgan fingerprint density at radius 2 is 1.82 bits per heavy atom. The molecule has 178 valence electrons. The first-order chi connectivity index (χ1) is 15.9. The van der Waals surface area contributed by atoms with Gasteiger partial charge in [-0.05, 0) is 105 Å². The molecule has 0 bridgehead atoms. The number of likely N-dealkylation sites (tertiary alicyclic amines) is 1. The van der Waals surface area contributed by atoms with Crippen molar-refractivity contribution in [3.8, 4) is 5.75 Å². The standard InChI is InChI=1S/C28H37FN2O2/c1-20-5-4-16-31(18-20)19-23-6-11-25(17-21(23)2)30(3)28(32)22-7-12-26(13-8-22)33-27-14-9-24(29)10-15-27/h6,9-11,14-15,17,20,22,26H,4-5,7-8,12-13,16,18-19H2,1-3H3/t20-,22?,26?/m1/s1. The summed E-state index contributed by atoms with van der Waals surface area (Å²) in [4.78, 5) is 17.6. The molecule has 1 amide bonds. The molecule has 0 radical (unpaired) electrons. The fourth-order valence-corrected chi connectivity index (χ4v) is 5.27. The smallest absolute Gasteiger partial charge is 0.229 e. The number of halogens is 1. The Labute approximate surface area is 197 Å². The van der Waals surface area contributed by atoms with Crippen molar-refractivity contribution in [3.05, 3.63) is 59.4 Å². The Bertz CT molecular complexity index is 937. The topological polar surface area (TPSA) is 32.8 Å². The van der Waals surface area contributed by atoms with Gasteiger partial charge in [-0.1, -0.05) is 13.0 Å². The molecule has 1 atom stereocenters. The number of hydrogen-bond acceptors (Lipinski definition) is 3. The summed E-state index contributed by atoms with van der Waals surface area (Å²) in [5, 5.41) is 0. The van der Waals surface area contributed by atoms with Gasteiger partial charge in [-0.3, -0.25) is 9.69 Å². The first-order valence-electron chi connectivity index (χ1n) is 12.4. The summed E-state index contributed by atoms with van der Waals surface area (Å²) in [6, 6.07) is 12.6. The summed E-state index contributed by atoms with van der Waals surface area (Å²) in [5.74, 6) is 1.42. The van der Waals surface area contributed by atoms with E-state index in [9.17, 15) is 9.18 Å². The predicted octanol–water partition coefficient (Wildman–Crippen LogP) is 5.97. The molecule has 2 fully saturated rings. The molecule has 0 N–H and O–H groups in total. The highest BCUT2D eigenvalue weighted by molar-refractivity contribution is 5.94. The molecule has 0 unspecified atom stereocenters. The number of benzene rings is 2. The zero-order valence-corrected chi connectivity index (χ0v) is 20.2. The number of amides is 1. The van der Waals surface area contributed by atoms with Gasteiger partial charge in [0.15, 0.2) is 0 Å².